The quantitative estimate of drug-likeness (QED) is 0.889. The molecule has 0 bridgehead atoms. The van der Waals surface area contributed by atoms with E-state index >= 15 is 0 Å². The maximum absolute atomic E-state index is 5.30. The van der Waals surface area contributed by atoms with Crippen LogP contribution in [0.4, 0.5) is 5.69 Å². The zero-order valence-electron chi connectivity index (χ0n) is 11.9. The summed E-state index contributed by atoms with van der Waals surface area (Å²) in [6.45, 7) is 9.50. The number of nitrogens with one attached hydrogen (secondary N) is 1. The van der Waals surface area contributed by atoms with Gasteiger partial charge in [-0.1, -0.05) is 18.2 Å². The minimum absolute atomic E-state index is 0.159. The van der Waals surface area contributed by atoms with Crippen LogP contribution in [0.2, 0.25) is 0 Å². The topological polar surface area (TPSA) is 24.5 Å². The summed E-state index contributed by atoms with van der Waals surface area (Å²) >= 11 is 0. The van der Waals surface area contributed by atoms with E-state index in [1.54, 1.807) is 7.11 Å². The Hall–Kier alpha value is -1.06. The van der Waals surface area contributed by atoms with Crippen molar-refractivity contribution in [3.05, 3.63) is 29.8 Å². The third-order valence-corrected chi connectivity index (χ3v) is 3.57. The van der Waals surface area contributed by atoms with Crippen molar-refractivity contribution in [1.82, 2.24) is 5.32 Å². The van der Waals surface area contributed by atoms with Gasteiger partial charge in [0.25, 0.3) is 0 Å². The lowest BCUT2D eigenvalue weighted by molar-refractivity contribution is 0.184. The molecular weight excluding hydrogens is 224 g/mol. The molecule has 0 aliphatic carbocycles. The molecule has 1 aromatic rings. The second-order valence-corrected chi connectivity index (χ2v) is 5.80. The van der Waals surface area contributed by atoms with Crippen LogP contribution in [0.1, 0.15) is 26.3 Å². The smallest absolute Gasteiger partial charge is 0.0733 e. The van der Waals surface area contributed by atoms with Crippen molar-refractivity contribution in [1.29, 1.82) is 0 Å². The molecular formula is C15H24N2O. The maximum Gasteiger partial charge on any atom is 0.0733 e. The van der Waals surface area contributed by atoms with Gasteiger partial charge in [0.05, 0.1) is 6.61 Å². The lowest BCUT2D eigenvalue weighted by Gasteiger charge is -2.45. The molecule has 100 valence electrons. The van der Waals surface area contributed by atoms with Gasteiger partial charge in [-0.25, -0.2) is 0 Å². The Labute approximate surface area is 110 Å². The standard InChI is InChI=1S/C15H24N2O/c1-12-9-16-15(2,3)11-17(12)14-8-6-5-7-13(14)10-18-4/h5-8,12,16H,9-11H2,1-4H3. The SMILES string of the molecule is COCc1ccccc1N1CC(C)(C)NCC1C. The molecule has 3 heteroatoms. The summed E-state index contributed by atoms with van der Waals surface area (Å²) in [6.07, 6.45) is 0. The first-order chi connectivity index (χ1) is 8.53. The van der Waals surface area contributed by atoms with Crippen molar-refractivity contribution in [2.75, 3.05) is 25.1 Å². The monoisotopic (exact) mass is 248 g/mol. The van der Waals surface area contributed by atoms with Crippen LogP contribution < -0.4 is 10.2 Å². The Bertz CT molecular complexity index is 403. The van der Waals surface area contributed by atoms with Gasteiger partial charge in [-0.15, -0.1) is 0 Å². The van der Waals surface area contributed by atoms with E-state index in [0.717, 1.165) is 13.1 Å². The highest BCUT2D eigenvalue weighted by Crippen LogP contribution is 2.27. The number of anilines is 1. The Morgan fingerprint density at radius 1 is 1.39 bits per heavy atom. The summed E-state index contributed by atoms with van der Waals surface area (Å²) < 4.78 is 5.30. The van der Waals surface area contributed by atoms with Crippen molar-refractivity contribution in [2.45, 2.75) is 39.0 Å². The fraction of sp³-hybridized carbons (Fsp3) is 0.600. The van der Waals surface area contributed by atoms with Crippen molar-refractivity contribution >= 4 is 5.69 Å². The van der Waals surface area contributed by atoms with Gasteiger partial charge in [-0.2, -0.15) is 0 Å². The van der Waals surface area contributed by atoms with Crippen LogP contribution in [0.3, 0.4) is 0 Å². The molecule has 1 atom stereocenters. The summed E-state index contributed by atoms with van der Waals surface area (Å²) in [7, 11) is 1.75. The third-order valence-electron chi connectivity index (χ3n) is 3.57. The first kappa shape index (κ1) is 13.4. The van der Waals surface area contributed by atoms with Crippen LogP contribution in [0, 0.1) is 0 Å². The first-order valence-electron chi connectivity index (χ1n) is 6.62. The largest absolute Gasteiger partial charge is 0.380 e. The number of hydrogen-bond acceptors (Lipinski definition) is 3. The number of nitrogens with zero attached hydrogens (tertiary/aromatic N) is 1. The predicted octanol–water partition coefficient (Wildman–Crippen LogP) is 2.41. The molecule has 0 saturated carbocycles. The lowest BCUT2D eigenvalue weighted by atomic mass is 9.97. The summed E-state index contributed by atoms with van der Waals surface area (Å²) in [5.41, 5.74) is 2.73. The second kappa shape index (κ2) is 5.29. The van der Waals surface area contributed by atoms with E-state index in [2.05, 4.69) is 55.3 Å². The highest BCUT2D eigenvalue weighted by molar-refractivity contribution is 5.55. The highest BCUT2D eigenvalue weighted by atomic mass is 16.5. The summed E-state index contributed by atoms with van der Waals surface area (Å²) in [5, 5.41) is 3.59. The summed E-state index contributed by atoms with van der Waals surface area (Å²) in [4.78, 5) is 2.49. The van der Waals surface area contributed by atoms with Gasteiger partial charge in [-0.05, 0) is 26.8 Å². The van der Waals surface area contributed by atoms with Crippen LogP contribution in [-0.4, -0.2) is 31.8 Å². The van der Waals surface area contributed by atoms with Crippen molar-refractivity contribution in [3.63, 3.8) is 0 Å². The van der Waals surface area contributed by atoms with Crippen LogP contribution >= 0.6 is 0 Å². The van der Waals surface area contributed by atoms with Crippen molar-refractivity contribution in [3.8, 4) is 0 Å². The Morgan fingerprint density at radius 2 is 2.11 bits per heavy atom. The molecule has 0 aromatic heterocycles. The van der Waals surface area contributed by atoms with E-state index in [4.69, 9.17) is 4.74 Å². The Kier molecular flexibility index (Phi) is 3.93. The fourth-order valence-electron chi connectivity index (χ4n) is 2.56. The molecule has 0 amide bonds. The summed E-state index contributed by atoms with van der Waals surface area (Å²) in [6, 6.07) is 9.05. The minimum atomic E-state index is 0.159. The van der Waals surface area contributed by atoms with Gasteiger partial charge < -0.3 is 15.0 Å². The van der Waals surface area contributed by atoms with E-state index in [0.29, 0.717) is 12.6 Å². The molecule has 1 aliphatic heterocycles. The molecule has 0 radical (unpaired) electrons. The molecule has 1 unspecified atom stereocenters. The van der Waals surface area contributed by atoms with Gasteiger partial charge in [-0.3, -0.25) is 0 Å². The van der Waals surface area contributed by atoms with Gasteiger partial charge in [0, 0.05) is 43.0 Å². The van der Waals surface area contributed by atoms with E-state index in [9.17, 15) is 0 Å². The predicted molar refractivity (Wildman–Crippen MR) is 76.0 cm³/mol. The highest BCUT2D eigenvalue weighted by Gasteiger charge is 2.31. The molecule has 3 nitrogen and oxygen atoms in total. The molecule has 18 heavy (non-hydrogen) atoms. The van der Waals surface area contributed by atoms with Crippen LogP contribution in [0.5, 0.6) is 0 Å². The second-order valence-electron chi connectivity index (χ2n) is 5.80. The average Bonchev–Trinajstić information content (AvgIpc) is 2.34. The van der Waals surface area contributed by atoms with Crippen molar-refractivity contribution in [2.24, 2.45) is 0 Å². The van der Waals surface area contributed by atoms with E-state index < -0.39 is 0 Å². The van der Waals surface area contributed by atoms with Gasteiger partial charge in [0.1, 0.15) is 0 Å². The number of para-hydroxylation sites is 1. The number of ether oxygens (including phenoxy) is 1. The van der Waals surface area contributed by atoms with Gasteiger partial charge >= 0.3 is 0 Å². The number of benzene rings is 1. The molecule has 1 heterocycles. The molecule has 1 N–H and O–H groups in total. The van der Waals surface area contributed by atoms with E-state index in [-0.39, 0.29) is 5.54 Å². The minimum Gasteiger partial charge on any atom is -0.380 e. The lowest BCUT2D eigenvalue weighted by Crippen LogP contribution is -2.61. The fourth-order valence-corrected chi connectivity index (χ4v) is 2.56. The molecule has 0 spiro atoms. The van der Waals surface area contributed by atoms with E-state index in [1.165, 1.54) is 11.3 Å². The molecule has 1 aliphatic rings. The van der Waals surface area contributed by atoms with Gasteiger partial charge in [0.2, 0.25) is 0 Å². The number of rotatable bonds is 3. The van der Waals surface area contributed by atoms with Crippen LogP contribution in [0.25, 0.3) is 0 Å². The normalized spacial score (nSPS) is 23.1. The average molecular weight is 248 g/mol. The molecule has 1 saturated heterocycles. The third kappa shape index (κ3) is 2.85. The zero-order chi connectivity index (χ0) is 13.2. The molecule has 1 fully saturated rings. The Morgan fingerprint density at radius 3 is 2.83 bits per heavy atom. The first-order valence-corrected chi connectivity index (χ1v) is 6.62. The maximum atomic E-state index is 5.30. The number of piperazine rings is 1. The van der Waals surface area contributed by atoms with Crippen LogP contribution in [0.15, 0.2) is 24.3 Å². The molecule has 2 rings (SSSR count). The molecule has 1 aromatic carbocycles. The number of methoxy groups -OCH3 is 1. The van der Waals surface area contributed by atoms with Crippen LogP contribution in [-0.2, 0) is 11.3 Å². The summed E-state index contributed by atoms with van der Waals surface area (Å²) in [5.74, 6) is 0. The van der Waals surface area contributed by atoms with E-state index in [1.807, 2.05) is 0 Å². The zero-order valence-corrected chi connectivity index (χ0v) is 11.9. The number of hydrogen-bond donors (Lipinski definition) is 1. The van der Waals surface area contributed by atoms with Gasteiger partial charge in [0.15, 0.2) is 0 Å². The van der Waals surface area contributed by atoms with Crippen molar-refractivity contribution < 1.29 is 4.74 Å². The Balaban J connectivity index is 2.28.